The highest BCUT2D eigenvalue weighted by Crippen LogP contribution is 2.22. The van der Waals surface area contributed by atoms with Crippen LogP contribution in [0.1, 0.15) is 52.0 Å². The van der Waals surface area contributed by atoms with E-state index in [2.05, 4.69) is 36.2 Å². The van der Waals surface area contributed by atoms with E-state index in [1.165, 1.54) is 10.5 Å². The van der Waals surface area contributed by atoms with Crippen LogP contribution in [0.2, 0.25) is 0 Å². The number of fused-ring (bicyclic) bond motifs is 1. The molecule has 0 aliphatic carbocycles. The Labute approximate surface area is 167 Å². The number of hydrogen-bond acceptors (Lipinski definition) is 3. The molecule has 1 aliphatic heterocycles. The number of amides is 2. The number of unbranched alkanes of at least 4 members (excludes halogenated alkanes) is 3. The summed E-state index contributed by atoms with van der Waals surface area (Å²) >= 11 is 0. The van der Waals surface area contributed by atoms with Gasteiger partial charge in [0, 0.05) is 13.1 Å². The average Bonchev–Trinajstić information content (AvgIpc) is 2.90. The van der Waals surface area contributed by atoms with Crippen LogP contribution in [0, 0.1) is 0 Å². The van der Waals surface area contributed by atoms with Crippen LogP contribution in [-0.4, -0.2) is 41.8 Å². The lowest BCUT2D eigenvalue weighted by Gasteiger charge is -2.17. The van der Waals surface area contributed by atoms with Gasteiger partial charge in [0.25, 0.3) is 11.8 Å². The molecule has 0 radical (unpaired) electrons. The van der Waals surface area contributed by atoms with Crippen molar-refractivity contribution in [2.24, 2.45) is 0 Å². The monoisotopic (exact) mass is 386 g/mol. The summed E-state index contributed by atoms with van der Waals surface area (Å²) in [6.45, 7) is 2.55. The van der Waals surface area contributed by atoms with E-state index in [1.807, 2.05) is 6.07 Å². The molecule has 0 bridgehead atoms. The number of hydrogen-bond donors (Lipinski definition) is 0. The third-order valence-electron chi connectivity index (χ3n) is 4.85. The van der Waals surface area contributed by atoms with Gasteiger partial charge in [-0.1, -0.05) is 55.3 Å². The van der Waals surface area contributed by atoms with Gasteiger partial charge in [0.05, 0.1) is 11.1 Å². The van der Waals surface area contributed by atoms with Crippen molar-refractivity contribution >= 4 is 24.2 Å². The van der Waals surface area contributed by atoms with Gasteiger partial charge in [-0.2, -0.15) is 0 Å². The smallest absolute Gasteiger partial charge is 0.261 e. The molecular formula is C22H27ClN2O2. The Bertz CT molecular complexity index is 729. The molecule has 0 fully saturated rings. The van der Waals surface area contributed by atoms with Gasteiger partial charge >= 0.3 is 0 Å². The van der Waals surface area contributed by atoms with Crippen molar-refractivity contribution in [3.05, 3.63) is 71.3 Å². The molecule has 3 rings (SSSR count). The molecular weight excluding hydrogens is 360 g/mol. The zero-order chi connectivity index (χ0) is 18.4. The fraction of sp³-hybridized carbons (Fsp3) is 0.364. The minimum Gasteiger partial charge on any atom is -0.302 e. The van der Waals surface area contributed by atoms with E-state index in [0.717, 1.165) is 38.8 Å². The van der Waals surface area contributed by atoms with Crippen LogP contribution in [0.15, 0.2) is 54.6 Å². The van der Waals surface area contributed by atoms with Crippen LogP contribution in [-0.2, 0) is 6.54 Å². The van der Waals surface area contributed by atoms with Gasteiger partial charge in [-0.3, -0.25) is 14.5 Å². The molecule has 2 aromatic carbocycles. The van der Waals surface area contributed by atoms with Gasteiger partial charge in [-0.15, -0.1) is 12.4 Å². The molecule has 144 valence electrons. The van der Waals surface area contributed by atoms with Crippen molar-refractivity contribution in [1.82, 2.24) is 9.80 Å². The molecule has 0 N–H and O–H groups in total. The third-order valence-corrected chi connectivity index (χ3v) is 4.85. The third kappa shape index (κ3) is 5.41. The van der Waals surface area contributed by atoms with Crippen LogP contribution < -0.4 is 0 Å². The van der Waals surface area contributed by atoms with E-state index in [4.69, 9.17) is 0 Å². The first-order valence-electron chi connectivity index (χ1n) is 9.34. The summed E-state index contributed by atoms with van der Waals surface area (Å²) < 4.78 is 0. The van der Waals surface area contributed by atoms with Gasteiger partial charge in [-0.05, 0) is 44.1 Å². The summed E-state index contributed by atoms with van der Waals surface area (Å²) in [5, 5.41) is 0. The maximum atomic E-state index is 12.3. The van der Waals surface area contributed by atoms with E-state index in [9.17, 15) is 9.59 Å². The molecule has 0 atom stereocenters. The molecule has 4 nitrogen and oxygen atoms in total. The Morgan fingerprint density at radius 3 is 1.96 bits per heavy atom. The van der Waals surface area contributed by atoms with Crippen molar-refractivity contribution < 1.29 is 9.59 Å². The highest BCUT2D eigenvalue weighted by Gasteiger charge is 2.34. The highest BCUT2D eigenvalue weighted by atomic mass is 35.5. The second-order valence-electron chi connectivity index (χ2n) is 6.95. The average molecular weight is 387 g/mol. The predicted molar refractivity (Wildman–Crippen MR) is 110 cm³/mol. The number of carbonyl (C=O) groups is 2. The lowest BCUT2D eigenvalue weighted by Crippen LogP contribution is -2.30. The van der Waals surface area contributed by atoms with E-state index in [0.29, 0.717) is 17.7 Å². The molecule has 1 aliphatic rings. The lowest BCUT2D eigenvalue weighted by molar-refractivity contribution is 0.0651. The minimum atomic E-state index is -0.145. The molecule has 27 heavy (non-hydrogen) atoms. The van der Waals surface area contributed by atoms with Crippen molar-refractivity contribution in [1.29, 1.82) is 0 Å². The highest BCUT2D eigenvalue weighted by molar-refractivity contribution is 6.21. The van der Waals surface area contributed by atoms with E-state index in [-0.39, 0.29) is 24.2 Å². The Morgan fingerprint density at radius 1 is 0.778 bits per heavy atom. The molecule has 0 aromatic heterocycles. The van der Waals surface area contributed by atoms with Crippen LogP contribution in [0.25, 0.3) is 0 Å². The predicted octanol–water partition coefficient (Wildman–Crippen LogP) is 4.40. The fourth-order valence-electron chi connectivity index (χ4n) is 3.42. The Balaban J connectivity index is 0.00000261. The second-order valence-corrected chi connectivity index (χ2v) is 6.95. The number of carbonyl (C=O) groups excluding carboxylic acids is 2. The summed E-state index contributed by atoms with van der Waals surface area (Å²) in [6.07, 6.45) is 4.15. The lowest BCUT2D eigenvalue weighted by atomic mass is 10.1. The van der Waals surface area contributed by atoms with Crippen molar-refractivity contribution in [3.8, 4) is 0 Å². The number of nitrogens with zero attached hydrogens (tertiary/aromatic N) is 2. The molecule has 0 spiro atoms. The Kier molecular flexibility index (Phi) is 8.01. The van der Waals surface area contributed by atoms with Gasteiger partial charge in [-0.25, -0.2) is 0 Å². The first kappa shape index (κ1) is 21.1. The van der Waals surface area contributed by atoms with Crippen molar-refractivity contribution in [2.45, 2.75) is 32.2 Å². The molecule has 0 saturated carbocycles. The largest absolute Gasteiger partial charge is 0.302 e. The number of halogens is 1. The quantitative estimate of drug-likeness (QED) is 0.473. The van der Waals surface area contributed by atoms with Gasteiger partial charge in [0.1, 0.15) is 0 Å². The van der Waals surface area contributed by atoms with Gasteiger partial charge in [0.15, 0.2) is 0 Å². The zero-order valence-corrected chi connectivity index (χ0v) is 16.6. The van der Waals surface area contributed by atoms with E-state index < -0.39 is 0 Å². The summed E-state index contributed by atoms with van der Waals surface area (Å²) in [6, 6.07) is 17.6. The molecule has 0 unspecified atom stereocenters. The summed E-state index contributed by atoms with van der Waals surface area (Å²) in [7, 11) is 2.14. The van der Waals surface area contributed by atoms with Gasteiger partial charge in [0.2, 0.25) is 0 Å². The van der Waals surface area contributed by atoms with Crippen molar-refractivity contribution in [2.75, 3.05) is 20.1 Å². The number of rotatable bonds is 9. The fourth-order valence-corrected chi connectivity index (χ4v) is 3.42. The van der Waals surface area contributed by atoms with Crippen LogP contribution in [0.5, 0.6) is 0 Å². The Morgan fingerprint density at radius 2 is 1.33 bits per heavy atom. The number of benzene rings is 2. The van der Waals surface area contributed by atoms with Crippen LogP contribution in [0.3, 0.4) is 0 Å². The first-order valence-corrected chi connectivity index (χ1v) is 9.34. The maximum absolute atomic E-state index is 12.3. The van der Waals surface area contributed by atoms with E-state index in [1.54, 1.807) is 24.3 Å². The maximum Gasteiger partial charge on any atom is 0.261 e. The molecule has 2 amide bonds. The molecule has 5 heteroatoms. The second kappa shape index (κ2) is 10.2. The first-order chi connectivity index (χ1) is 12.7. The van der Waals surface area contributed by atoms with Gasteiger partial charge < -0.3 is 4.90 Å². The molecule has 1 heterocycles. The van der Waals surface area contributed by atoms with Crippen molar-refractivity contribution in [3.63, 3.8) is 0 Å². The summed E-state index contributed by atoms with van der Waals surface area (Å²) in [4.78, 5) is 28.3. The van der Waals surface area contributed by atoms with Crippen LogP contribution >= 0.6 is 12.4 Å². The van der Waals surface area contributed by atoms with E-state index >= 15 is 0 Å². The SMILES string of the molecule is CN(CCCCCCN1C(=O)c2ccccc2C1=O)Cc1ccccc1.Cl. The summed E-state index contributed by atoms with van der Waals surface area (Å²) in [5.41, 5.74) is 2.42. The normalized spacial score (nSPS) is 13.0. The van der Waals surface area contributed by atoms with Crippen LogP contribution in [0.4, 0.5) is 0 Å². The minimum absolute atomic E-state index is 0. The zero-order valence-electron chi connectivity index (χ0n) is 15.8. The molecule has 2 aromatic rings. The topological polar surface area (TPSA) is 40.6 Å². The number of imide groups is 1. The Hall–Kier alpha value is -2.17. The standard InChI is InChI=1S/C22H26N2O2.ClH/c1-23(17-18-11-5-4-6-12-18)15-9-2-3-10-16-24-21(25)19-13-7-8-14-20(19)22(24)26;/h4-8,11-14H,2-3,9-10,15-17H2,1H3;1H. The molecule has 0 saturated heterocycles. The summed E-state index contributed by atoms with van der Waals surface area (Å²) in [5.74, 6) is -0.290.